The van der Waals surface area contributed by atoms with Gasteiger partial charge < -0.3 is 15.3 Å². The molecule has 2 aromatic carbocycles. The number of carbonyl (C=O) groups excluding carboxylic acids is 2. The third-order valence-electron chi connectivity index (χ3n) is 5.13. The van der Waals surface area contributed by atoms with E-state index in [9.17, 15) is 14.7 Å². The van der Waals surface area contributed by atoms with Crippen LogP contribution in [0, 0.1) is 5.92 Å². The molecular weight excluding hydrogens is 352 g/mol. The Morgan fingerprint density at radius 2 is 2.00 bits per heavy atom. The lowest BCUT2D eigenvalue weighted by atomic mass is 9.96. The van der Waals surface area contributed by atoms with E-state index in [1.807, 2.05) is 6.07 Å². The summed E-state index contributed by atoms with van der Waals surface area (Å²) in [6.07, 6.45) is 1.74. The molecule has 2 N–H and O–H groups in total. The molecule has 2 atom stereocenters. The predicted molar refractivity (Wildman–Crippen MR) is 99.1 cm³/mol. The molecule has 26 heavy (non-hydrogen) atoms. The molecule has 5 nitrogen and oxygen atoms in total. The molecule has 3 aliphatic rings. The van der Waals surface area contributed by atoms with Crippen LogP contribution in [0.25, 0.3) is 11.1 Å². The van der Waals surface area contributed by atoms with Crippen LogP contribution < -0.4 is 5.32 Å². The monoisotopic (exact) mass is 370 g/mol. The summed E-state index contributed by atoms with van der Waals surface area (Å²) in [5, 5.41) is 13.6. The van der Waals surface area contributed by atoms with Crippen LogP contribution in [0.5, 0.6) is 5.75 Å². The molecule has 2 aromatic rings. The van der Waals surface area contributed by atoms with Gasteiger partial charge in [0.2, 0.25) is 5.91 Å². The van der Waals surface area contributed by atoms with E-state index >= 15 is 0 Å². The molecule has 3 aliphatic heterocycles. The molecule has 3 heterocycles. The summed E-state index contributed by atoms with van der Waals surface area (Å²) in [6.45, 7) is 0.988. The number of phenolic OH excluding ortho intramolecular Hbond substituents is 1. The van der Waals surface area contributed by atoms with E-state index < -0.39 is 0 Å². The van der Waals surface area contributed by atoms with E-state index in [1.54, 1.807) is 35.2 Å². The summed E-state index contributed by atoms with van der Waals surface area (Å²) in [5.74, 6) is -0.0598. The number of carbonyl (C=O) groups is 2. The van der Waals surface area contributed by atoms with Crippen LogP contribution in [0.3, 0.4) is 0 Å². The van der Waals surface area contributed by atoms with Gasteiger partial charge in [0.15, 0.2) is 0 Å². The number of rotatable bonds is 2. The molecule has 0 spiro atoms. The van der Waals surface area contributed by atoms with Crippen LogP contribution in [-0.2, 0) is 4.79 Å². The number of phenols is 1. The molecule has 2 amide bonds. The number of nitrogens with zero attached hydrogens (tertiary/aromatic N) is 1. The summed E-state index contributed by atoms with van der Waals surface area (Å²) in [6, 6.07) is 12.0. The highest BCUT2D eigenvalue weighted by molar-refractivity contribution is 6.31. The van der Waals surface area contributed by atoms with Crippen molar-refractivity contribution in [1.29, 1.82) is 0 Å². The quantitative estimate of drug-likeness (QED) is 0.853. The first kappa shape index (κ1) is 16.9. The van der Waals surface area contributed by atoms with Crippen LogP contribution in [0.1, 0.15) is 23.2 Å². The van der Waals surface area contributed by atoms with Gasteiger partial charge in [0.05, 0.1) is 5.92 Å². The molecule has 0 unspecified atom stereocenters. The molecule has 3 saturated heterocycles. The van der Waals surface area contributed by atoms with Crippen molar-refractivity contribution < 1.29 is 14.7 Å². The van der Waals surface area contributed by atoms with Crippen LogP contribution in [0.4, 0.5) is 0 Å². The lowest BCUT2D eigenvalue weighted by Crippen LogP contribution is -2.43. The largest absolute Gasteiger partial charge is 0.507 e. The maximum absolute atomic E-state index is 13.0. The van der Waals surface area contributed by atoms with Gasteiger partial charge in [-0.2, -0.15) is 0 Å². The molecule has 5 rings (SSSR count). The number of amides is 2. The number of hydrogen-bond acceptors (Lipinski definition) is 3. The predicted octanol–water partition coefficient (Wildman–Crippen LogP) is 3.06. The average Bonchev–Trinajstić information content (AvgIpc) is 2.94. The smallest absolute Gasteiger partial charge is 0.253 e. The second-order valence-electron chi connectivity index (χ2n) is 6.93. The summed E-state index contributed by atoms with van der Waals surface area (Å²) in [5.41, 5.74) is 1.85. The van der Waals surface area contributed by atoms with E-state index in [-0.39, 0.29) is 29.5 Å². The Morgan fingerprint density at radius 1 is 1.15 bits per heavy atom. The molecule has 0 aliphatic carbocycles. The van der Waals surface area contributed by atoms with E-state index in [4.69, 9.17) is 11.6 Å². The zero-order chi connectivity index (χ0) is 18.3. The minimum atomic E-state index is -0.127. The van der Waals surface area contributed by atoms with Gasteiger partial charge in [-0.3, -0.25) is 9.59 Å². The van der Waals surface area contributed by atoms with Crippen molar-refractivity contribution in [2.24, 2.45) is 5.92 Å². The van der Waals surface area contributed by atoms with E-state index in [2.05, 4.69) is 5.32 Å². The Labute approximate surface area is 156 Å². The van der Waals surface area contributed by atoms with Crippen molar-refractivity contribution >= 4 is 23.4 Å². The normalized spacial score (nSPS) is 22.0. The number of piperidine rings is 1. The van der Waals surface area contributed by atoms with Crippen molar-refractivity contribution in [3.63, 3.8) is 0 Å². The van der Waals surface area contributed by atoms with E-state index in [0.29, 0.717) is 29.2 Å². The molecule has 3 fully saturated rings. The second kappa shape index (κ2) is 6.65. The van der Waals surface area contributed by atoms with Crippen LogP contribution in [0.15, 0.2) is 42.5 Å². The van der Waals surface area contributed by atoms with Crippen LogP contribution >= 0.6 is 11.6 Å². The fourth-order valence-corrected chi connectivity index (χ4v) is 3.92. The average molecular weight is 371 g/mol. The Balaban J connectivity index is 1.63. The first-order chi connectivity index (χ1) is 12.5. The van der Waals surface area contributed by atoms with Gasteiger partial charge in [-0.25, -0.2) is 0 Å². The van der Waals surface area contributed by atoms with Crippen molar-refractivity contribution in [2.45, 2.75) is 18.9 Å². The zero-order valence-electron chi connectivity index (χ0n) is 14.1. The summed E-state index contributed by atoms with van der Waals surface area (Å²) < 4.78 is 0. The van der Waals surface area contributed by atoms with Gasteiger partial charge >= 0.3 is 0 Å². The summed E-state index contributed by atoms with van der Waals surface area (Å²) in [4.78, 5) is 26.8. The molecule has 2 bridgehead atoms. The van der Waals surface area contributed by atoms with E-state index in [1.165, 1.54) is 6.07 Å². The maximum Gasteiger partial charge on any atom is 0.253 e. The summed E-state index contributed by atoms with van der Waals surface area (Å²) in [7, 11) is 0. The lowest BCUT2D eigenvalue weighted by Gasteiger charge is -2.23. The molecule has 6 heteroatoms. The van der Waals surface area contributed by atoms with Gasteiger partial charge in [0, 0.05) is 35.3 Å². The lowest BCUT2D eigenvalue weighted by molar-refractivity contribution is -0.126. The molecular formula is C20H19ClN2O3. The number of hydrogen-bond donors (Lipinski definition) is 2. The first-order valence-electron chi connectivity index (χ1n) is 8.70. The standard InChI is InChI=1S/C20H19ClN2O3/c21-15-5-7-18(24)17(9-15)12-2-1-3-13(8-12)20(26)23-10-14-4-6-16(11-23)22-19(14)25/h1-3,5,7-9,14,16,24H,4,6,10-11H2,(H,22,25)/t14-,16+/m1/s1. The highest BCUT2D eigenvalue weighted by atomic mass is 35.5. The fraction of sp³-hybridized carbons (Fsp3) is 0.300. The number of nitrogens with one attached hydrogen (secondary N) is 1. The van der Waals surface area contributed by atoms with Crippen molar-refractivity contribution in [2.75, 3.05) is 13.1 Å². The van der Waals surface area contributed by atoms with Crippen molar-refractivity contribution in [3.8, 4) is 16.9 Å². The van der Waals surface area contributed by atoms with Gasteiger partial charge in [-0.1, -0.05) is 23.7 Å². The van der Waals surface area contributed by atoms with E-state index in [0.717, 1.165) is 18.4 Å². The first-order valence-corrected chi connectivity index (χ1v) is 9.07. The SMILES string of the molecule is O=C1N[C@H]2CC[C@@H]1CN(C(=O)c1cccc(-c3cc(Cl)ccc3O)c1)C2. The maximum atomic E-state index is 13.0. The topological polar surface area (TPSA) is 69.6 Å². The van der Waals surface area contributed by atoms with Gasteiger partial charge in [-0.15, -0.1) is 0 Å². The fourth-order valence-electron chi connectivity index (χ4n) is 3.75. The molecule has 0 radical (unpaired) electrons. The van der Waals surface area contributed by atoms with Crippen LogP contribution in [-0.4, -0.2) is 41.0 Å². The number of aromatic hydroxyl groups is 1. The Kier molecular flexibility index (Phi) is 4.32. The zero-order valence-corrected chi connectivity index (χ0v) is 14.9. The third kappa shape index (κ3) is 3.15. The minimum absolute atomic E-state index is 0.0327. The third-order valence-corrected chi connectivity index (χ3v) is 5.36. The Morgan fingerprint density at radius 3 is 2.81 bits per heavy atom. The van der Waals surface area contributed by atoms with Gasteiger partial charge in [-0.05, 0) is 48.7 Å². The molecule has 0 aromatic heterocycles. The molecule has 0 saturated carbocycles. The highest BCUT2D eigenvalue weighted by Crippen LogP contribution is 2.32. The Bertz CT molecular complexity index is 883. The highest BCUT2D eigenvalue weighted by Gasteiger charge is 2.36. The molecule has 134 valence electrons. The second-order valence-corrected chi connectivity index (χ2v) is 7.37. The van der Waals surface area contributed by atoms with Gasteiger partial charge in [0.1, 0.15) is 5.75 Å². The number of benzene rings is 2. The van der Waals surface area contributed by atoms with Crippen molar-refractivity contribution in [1.82, 2.24) is 10.2 Å². The summed E-state index contributed by atoms with van der Waals surface area (Å²) >= 11 is 6.04. The Hall–Kier alpha value is -2.53. The van der Waals surface area contributed by atoms with Gasteiger partial charge in [0.25, 0.3) is 5.91 Å². The minimum Gasteiger partial charge on any atom is -0.507 e. The number of halogens is 1. The van der Waals surface area contributed by atoms with Crippen LogP contribution in [0.2, 0.25) is 5.02 Å². The van der Waals surface area contributed by atoms with Crippen molar-refractivity contribution in [3.05, 3.63) is 53.1 Å². The number of fused-ring (bicyclic) bond motifs is 4.